The molecule has 1 heterocycles. The molecule has 29 heavy (non-hydrogen) atoms. The van der Waals surface area contributed by atoms with Gasteiger partial charge in [0.1, 0.15) is 36.4 Å². The van der Waals surface area contributed by atoms with Gasteiger partial charge in [0.15, 0.2) is 0 Å². The Morgan fingerprint density at radius 1 is 1.00 bits per heavy atom. The van der Waals surface area contributed by atoms with Gasteiger partial charge in [0.25, 0.3) is 0 Å². The van der Waals surface area contributed by atoms with E-state index in [1.807, 2.05) is 6.07 Å². The van der Waals surface area contributed by atoms with Crippen LogP contribution in [0.25, 0.3) is 11.0 Å². The Labute approximate surface area is 174 Å². The number of anilines is 1. The van der Waals surface area contributed by atoms with Crippen LogP contribution in [0.15, 0.2) is 51.7 Å². The molecule has 0 saturated heterocycles. The van der Waals surface area contributed by atoms with E-state index in [1.165, 1.54) is 0 Å². The second-order valence-electron chi connectivity index (χ2n) is 7.03. The summed E-state index contributed by atoms with van der Waals surface area (Å²) in [5.41, 5.74) is 8.34. The number of benzene rings is 2. The van der Waals surface area contributed by atoms with Gasteiger partial charge in [0, 0.05) is 11.3 Å². The summed E-state index contributed by atoms with van der Waals surface area (Å²) in [5.74, 6) is 1.25. The highest BCUT2D eigenvalue weighted by atomic mass is 35.5. The first kappa shape index (κ1) is 21.0. The molecule has 0 radical (unpaired) electrons. The van der Waals surface area contributed by atoms with Gasteiger partial charge in [-0.05, 0) is 67.6 Å². The first-order valence-electron chi connectivity index (χ1n) is 9.48. The summed E-state index contributed by atoms with van der Waals surface area (Å²) in [6.07, 6.45) is 2.80. The maximum atomic E-state index is 12.2. The fourth-order valence-electron chi connectivity index (χ4n) is 3.57. The maximum absolute atomic E-state index is 12.2. The van der Waals surface area contributed by atoms with Gasteiger partial charge in [0.05, 0.1) is 5.39 Å². The topological polar surface area (TPSA) is 94.9 Å². The lowest BCUT2D eigenvalue weighted by Gasteiger charge is -2.19. The maximum Gasteiger partial charge on any atom is 0.339 e. The number of hydrogen-bond donors (Lipinski definition) is 2. The van der Waals surface area contributed by atoms with Gasteiger partial charge in [-0.15, -0.1) is 12.4 Å². The van der Waals surface area contributed by atoms with E-state index in [1.54, 1.807) is 36.4 Å². The second-order valence-corrected chi connectivity index (χ2v) is 7.03. The third-order valence-electron chi connectivity index (χ3n) is 4.96. The third-order valence-corrected chi connectivity index (χ3v) is 4.96. The molecule has 0 saturated carbocycles. The van der Waals surface area contributed by atoms with Crippen molar-refractivity contribution in [1.82, 2.24) is 0 Å². The van der Waals surface area contributed by atoms with Crippen molar-refractivity contribution in [3.8, 4) is 11.5 Å². The van der Waals surface area contributed by atoms with Crippen LogP contribution in [0.2, 0.25) is 0 Å². The molecule has 1 aliphatic carbocycles. The molecule has 1 aliphatic rings. The summed E-state index contributed by atoms with van der Waals surface area (Å²) in [4.78, 5) is 12.2. The number of ether oxygens (including phenoxy) is 2. The van der Waals surface area contributed by atoms with Crippen molar-refractivity contribution in [2.24, 2.45) is 0 Å². The van der Waals surface area contributed by atoms with Crippen LogP contribution in [0.5, 0.6) is 11.5 Å². The Morgan fingerprint density at radius 2 is 1.69 bits per heavy atom. The molecule has 1 atom stereocenters. The summed E-state index contributed by atoms with van der Waals surface area (Å²) in [6.45, 7) is 0.170. The fraction of sp³-hybridized carbons (Fsp3) is 0.318. The number of rotatable bonds is 6. The molecule has 1 unspecified atom stereocenters. The minimum absolute atomic E-state index is 0. The zero-order valence-corrected chi connectivity index (χ0v) is 16.7. The molecule has 7 heteroatoms. The second kappa shape index (κ2) is 9.20. The van der Waals surface area contributed by atoms with Gasteiger partial charge >= 0.3 is 5.63 Å². The molecular weight excluding hydrogens is 394 g/mol. The average molecular weight is 418 g/mol. The van der Waals surface area contributed by atoms with Gasteiger partial charge < -0.3 is 24.7 Å². The molecule has 3 aromatic rings. The fourth-order valence-corrected chi connectivity index (χ4v) is 3.57. The molecule has 6 nitrogen and oxygen atoms in total. The molecular formula is C22H24ClNO5. The Morgan fingerprint density at radius 3 is 2.45 bits per heavy atom. The zero-order valence-electron chi connectivity index (χ0n) is 15.9. The van der Waals surface area contributed by atoms with Crippen LogP contribution in [0.4, 0.5) is 5.69 Å². The highest BCUT2D eigenvalue weighted by Crippen LogP contribution is 2.33. The van der Waals surface area contributed by atoms with Crippen LogP contribution >= 0.6 is 12.4 Å². The number of aliphatic hydroxyl groups is 1. The Hall–Kier alpha value is -2.70. The summed E-state index contributed by atoms with van der Waals surface area (Å²) in [7, 11) is 0. The van der Waals surface area contributed by atoms with Crippen LogP contribution in [0, 0.1) is 0 Å². The molecule has 0 spiro atoms. The van der Waals surface area contributed by atoms with Crippen LogP contribution in [0.1, 0.15) is 24.0 Å². The van der Waals surface area contributed by atoms with Gasteiger partial charge in [-0.1, -0.05) is 6.07 Å². The SMILES string of the molecule is Cl.Nc1ccc(OCC(O)COc2cccc3oc(=O)c4c(c23)CCCC4)cc1. The van der Waals surface area contributed by atoms with Gasteiger partial charge in [-0.25, -0.2) is 4.79 Å². The number of aryl methyl sites for hydroxylation is 1. The predicted molar refractivity (Wildman–Crippen MR) is 114 cm³/mol. The lowest BCUT2D eigenvalue weighted by atomic mass is 9.90. The van der Waals surface area contributed by atoms with Gasteiger partial charge in [0.2, 0.25) is 0 Å². The summed E-state index contributed by atoms with van der Waals surface area (Å²) in [5, 5.41) is 11.1. The molecule has 4 rings (SSSR count). The van der Waals surface area contributed by atoms with Crippen molar-refractivity contribution in [1.29, 1.82) is 0 Å². The first-order valence-corrected chi connectivity index (χ1v) is 9.48. The van der Waals surface area contributed by atoms with E-state index in [2.05, 4.69) is 0 Å². The minimum atomic E-state index is -0.806. The van der Waals surface area contributed by atoms with Crippen molar-refractivity contribution in [3.05, 3.63) is 64.0 Å². The number of fused-ring (bicyclic) bond motifs is 3. The van der Waals surface area contributed by atoms with E-state index in [9.17, 15) is 9.90 Å². The summed E-state index contributed by atoms with van der Waals surface area (Å²) in [6, 6.07) is 12.4. The number of hydrogen-bond acceptors (Lipinski definition) is 6. The van der Waals surface area contributed by atoms with Crippen LogP contribution in [-0.2, 0) is 12.8 Å². The minimum Gasteiger partial charge on any atom is -0.491 e. The van der Waals surface area contributed by atoms with Crippen molar-refractivity contribution in [2.75, 3.05) is 18.9 Å². The lowest BCUT2D eigenvalue weighted by Crippen LogP contribution is -2.25. The quantitative estimate of drug-likeness (QED) is 0.471. The number of nitrogens with two attached hydrogens (primary N) is 1. The average Bonchev–Trinajstić information content (AvgIpc) is 2.72. The van der Waals surface area contributed by atoms with E-state index in [0.717, 1.165) is 42.2 Å². The monoisotopic (exact) mass is 417 g/mol. The molecule has 0 bridgehead atoms. The first-order chi connectivity index (χ1) is 13.6. The van der Waals surface area contributed by atoms with Crippen molar-refractivity contribution in [3.63, 3.8) is 0 Å². The normalized spacial score (nSPS) is 14.0. The largest absolute Gasteiger partial charge is 0.491 e. The molecule has 0 aliphatic heterocycles. The van der Waals surface area contributed by atoms with Crippen molar-refractivity contribution >= 4 is 29.1 Å². The number of nitrogen functional groups attached to an aromatic ring is 1. The molecule has 0 amide bonds. The number of halogens is 1. The summed E-state index contributed by atoms with van der Waals surface area (Å²) < 4.78 is 16.9. The molecule has 2 aromatic carbocycles. The lowest BCUT2D eigenvalue weighted by molar-refractivity contribution is 0.0631. The van der Waals surface area contributed by atoms with Crippen LogP contribution in [0.3, 0.4) is 0 Å². The predicted octanol–water partition coefficient (Wildman–Crippen LogP) is 3.49. The smallest absolute Gasteiger partial charge is 0.339 e. The molecule has 0 fully saturated rings. The Balaban J connectivity index is 0.00000240. The standard InChI is InChI=1S/C22H23NO5.ClH/c23-14-8-10-16(11-9-14)26-12-15(24)13-27-19-6-3-7-20-21(19)17-4-1-2-5-18(17)22(25)28-20;/h3,6-11,15,24H,1-2,4-5,12-13,23H2;1H. The van der Waals surface area contributed by atoms with Gasteiger partial charge in [-0.2, -0.15) is 0 Å². The van der Waals surface area contributed by atoms with E-state index < -0.39 is 6.10 Å². The van der Waals surface area contributed by atoms with E-state index >= 15 is 0 Å². The van der Waals surface area contributed by atoms with Gasteiger partial charge in [-0.3, -0.25) is 0 Å². The third kappa shape index (κ3) is 4.66. The van der Waals surface area contributed by atoms with Crippen molar-refractivity contribution in [2.45, 2.75) is 31.8 Å². The molecule has 3 N–H and O–H groups in total. The van der Waals surface area contributed by atoms with E-state index in [4.69, 9.17) is 19.6 Å². The number of aliphatic hydroxyl groups excluding tert-OH is 1. The zero-order chi connectivity index (χ0) is 19.5. The Bertz CT molecular complexity index is 1030. The van der Waals surface area contributed by atoms with Crippen LogP contribution < -0.4 is 20.8 Å². The molecule has 154 valence electrons. The summed E-state index contributed by atoms with van der Waals surface area (Å²) >= 11 is 0. The highest BCUT2D eigenvalue weighted by Gasteiger charge is 2.21. The van der Waals surface area contributed by atoms with Crippen LogP contribution in [-0.4, -0.2) is 24.4 Å². The van der Waals surface area contributed by atoms with E-state index in [0.29, 0.717) is 22.8 Å². The van der Waals surface area contributed by atoms with Crippen molar-refractivity contribution < 1.29 is 19.0 Å². The van der Waals surface area contributed by atoms with E-state index in [-0.39, 0.29) is 31.2 Å². The Kier molecular flexibility index (Phi) is 6.67. The molecule has 1 aromatic heterocycles. The highest BCUT2D eigenvalue weighted by molar-refractivity contribution is 5.88.